The van der Waals surface area contributed by atoms with Crippen molar-refractivity contribution in [2.45, 2.75) is 6.18 Å². The monoisotopic (exact) mass is 302 g/mol. The molecule has 6 nitrogen and oxygen atoms in total. The summed E-state index contributed by atoms with van der Waals surface area (Å²) in [4.78, 5) is 23.7. The van der Waals surface area contributed by atoms with Crippen LogP contribution < -0.4 is 11.2 Å². The molecule has 2 N–H and O–H groups in total. The van der Waals surface area contributed by atoms with Crippen LogP contribution in [0.3, 0.4) is 0 Å². The van der Waals surface area contributed by atoms with Gasteiger partial charge in [0.1, 0.15) is 5.69 Å². The van der Waals surface area contributed by atoms with Gasteiger partial charge in [0.2, 0.25) is 0 Å². The first kappa shape index (κ1) is 14.7. The van der Waals surface area contributed by atoms with Crippen molar-refractivity contribution in [1.82, 2.24) is 9.13 Å². The fourth-order valence-corrected chi connectivity index (χ4v) is 1.79. The van der Waals surface area contributed by atoms with Gasteiger partial charge >= 0.3 is 11.9 Å². The number of rotatable bonds is 1. The van der Waals surface area contributed by atoms with Crippen LogP contribution in [-0.4, -0.2) is 19.3 Å². The van der Waals surface area contributed by atoms with Gasteiger partial charge in [0.05, 0.1) is 5.69 Å². The third-order valence-electron chi connectivity index (χ3n) is 2.83. The Morgan fingerprint density at radius 2 is 1.67 bits per heavy atom. The first-order chi connectivity index (χ1) is 9.62. The first-order valence-corrected chi connectivity index (χ1v) is 5.55. The minimum Gasteiger partial charge on any atom is -0.504 e. The zero-order valence-electron chi connectivity index (χ0n) is 10.5. The van der Waals surface area contributed by atoms with Crippen LogP contribution in [-0.2, 0) is 13.2 Å². The van der Waals surface area contributed by atoms with Gasteiger partial charge in [-0.1, -0.05) is 0 Å². The van der Waals surface area contributed by atoms with Crippen molar-refractivity contribution in [1.29, 1.82) is 0 Å². The van der Waals surface area contributed by atoms with Crippen molar-refractivity contribution in [3.8, 4) is 17.2 Å². The molecule has 1 aromatic heterocycles. The van der Waals surface area contributed by atoms with Gasteiger partial charge in [-0.3, -0.25) is 9.36 Å². The fourth-order valence-electron chi connectivity index (χ4n) is 1.79. The van der Waals surface area contributed by atoms with Crippen LogP contribution in [0.5, 0.6) is 11.5 Å². The largest absolute Gasteiger partial charge is 0.504 e. The molecule has 21 heavy (non-hydrogen) atoms. The topological polar surface area (TPSA) is 84.5 Å². The lowest BCUT2D eigenvalue weighted by Crippen LogP contribution is -2.40. The Hall–Kier alpha value is -2.71. The molecule has 1 aromatic carbocycles. The van der Waals surface area contributed by atoms with Crippen molar-refractivity contribution < 1.29 is 23.4 Å². The van der Waals surface area contributed by atoms with Gasteiger partial charge < -0.3 is 10.2 Å². The highest BCUT2D eigenvalue weighted by molar-refractivity contribution is 5.47. The molecule has 9 heteroatoms. The molecule has 0 atom stereocenters. The van der Waals surface area contributed by atoms with Gasteiger partial charge in [0.25, 0.3) is 5.56 Å². The Bertz CT molecular complexity index is 821. The maximum absolute atomic E-state index is 12.7. The molecule has 0 aliphatic heterocycles. The van der Waals surface area contributed by atoms with Gasteiger partial charge in [-0.25, -0.2) is 9.36 Å². The predicted octanol–water partition coefficient (Wildman–Crippen LogP) is 0.966. The van der Waals surface area contributed by atoms with E-state index in [0.717, 1.165) is 25.2 Å². The van der Waals surface area contributed by atoms with E-state index in [2.05, 4.69) is 0 Å². The molecule has 0 aliphatic rings. The molecule has 0 radical (unpaired) electrons. The van der Waals surface area contributed by atoms with Crippen LogP contribution in [0, 0.1) is 0 Å². The Morgan fingerprint density at radius 3 is 2.19 bits per heavy atom. The second kappa shape index (κ2) is 4.69. The average molecular weight is 302 g/mol. The van der Waals surface area contributed by atoms with Gasteiger partial charge in [0.15, 0.2) is 11.5 Å². The third-order valence-corrected chi connectivity index (χ3v) is 2.83. The van der Waals surface area contributed by atoms with E-state index in [9.17, 15) is 27.9 Å². The van der Waals surface area contributed by atoms with Crippen LogP contribution >= 0.6 is 0 Å². The standard InChI is InChI=1S/C12H9F3N2O4/c1-16-9(12(13,14)15)5-10(20)17(11(16)21)6-2-3-7(18)8(19)4-6/h2-5,18-19H,1H3. The molecule has 0 unspecified atom stereocenters. The lowest BCUT2D eigenvalue weighted by atomic mass is 10.2. The Kier molecular flexibility index (Phi) is 3.28. The second-order valence-electron chi connectivity index (χ2n) is 4.22. The lowest BCUT2D eigenvalue weighted by Gasteiger charge is -2.14. The number of phenolic OH excluding ortho intramolecular Hbond substituents is 2. The maximum Gasteiger partial charge on any atom is 0.431 e. The van der Waals surface area contributed by atoms with Crippen molar-refractivity contribution in [2.24, 2.45) is 7.05 Å². The molecule has 0 saturated carbocycles. The number of halogens is 3. The first-order valence-electron chi connectivity index (χ1n) is 5.55. The highest BCUT2D eigenvalue weighted by atomic mass is 19.4. The van der Waals surface area contributed by atoms with E-state index >= 15 is 0 Å². The van der Waals surface area contributed by atoms with Gasteiger partial charge in [-0.05, 0) is 12.1 Å². The summed E-state index contributed by atoms with van der Waals surface area (Å²) in [6, 6.07) is 3.30. The molecular weight excluding hydrogens is 293 g/mol. The van der Waals surface area contributed by atoms with Crippen LogP contribution in [0.1, 0.15) is 5.69 Å². The van der Waals surface area contributed by atoms with Crippen LogP contribution in [0.2, 0.25) is 0 Å². The number of benzene rings is 1. The molecule has 0 fully saturated rings. The molecule has 1 heterocycles. The van der Waals surface area contributed by atoms with Crippen LogP contribution in [0.25, 0.3) is 5.69 Å². The molecule has 0 bridgehead atoms. The van der Waals surface area contributed by atoms with Crippen molar-refractivity contribution in [2.75, 3.05) is 0 Å². The molecule has 0 aliphatic carbocycles. The molecule has 0 saturated heterocycles. The highest BCUT2D eigenvalue weighted by Gasteiger charge is 2.35. The van der Waals surface area contributed by atoms with E-state index in [4.69, 9.17) is 5.11 Å². The maximum atomic E-state index is 12.7. The quantitative estimate of drug-likeness (QED) is 0.769. The van der Waals surface area contributed by atoms with Gasteiger partial charge in [0, 0.05) is 19.2 Å². The molecule has 0 spiro atoms. The Labute approximate surface area is 114 Å². The van der Waals surface area contributed by atoms with Crippen molar-refractivity contribution in [3.05, 3.63) is 50.8 Å². The summed E-state index contributed by atoms with van der Waals surface area (Å²) in [5.74, 6) is -1.10. The summed E-state index contributed by atoms with van der Waals surface area (Å²) in [6.45, 7) is 0. The molecular formula is C12H9F3N2O4. The minimum absolute atomic E-state index is 0.162. The molecule has 0 amide bonds. The molecule has 2 aromatic rings. The summed E-state index contributed by atoms with van der Waals surface area (Å²) in [5, 5.41) is 18.5. The smallest absolute Gasteiger partial charge is 0.431 e. The van der Waals surface area contributed by atoms with E-state index in [1.54, 1.807) is 0 Å². The zero-order valence-corrected chi connectivity index (χ0v) is 10.5. The molecule has 2 rings (SSSR count). The summed E-state index contributed by atoms with van der Waals surface area (Å²) in [5.41, 5.74) is -3.96. The van der Waals surface area contributed by atoms with Crippen LogP contribution in [0.15, 0.2) is 33.9 Å². The Balaban J connectivity index is 2.78. The SMILES string of the molecule is Cn1c(C(F)(F)F)cc(=O)n(-c2ccc(O)c(O)c2)c1=O. The minimum atomic E-state index is -4.84. The highest BCUT2D eigenvalue weighted by Crippen LogP contribution is 2.28. The van der Waals surface area contributed by atoms with Gasteiger partial charge in [-0.15, -0.1) is 0 Å². The second-order valence-corrected chi connectivity index (χ2v) is 4.22. The van der Waals surface area contributed by atoms with Crippen LogP contribution in [0.4, 0.5) is 13.2 Å². The van der Waals surface area contributed by atoms with Crippen molar-refractivity contribution in [3.63, 3.8) is 0 Å². The number of hydrogen-bond acceptors (Lipinski definition) is 4. The van der Waals surface area contributed by atoms with E-state index in [-0.39, 0.29) is 16.3 Å². The lowest BCUT2D eigenvalue weighted by molar-refractivity contribution is -0.144. The fraction of sp³-hybridized carbons (Fsp3) is 0.167. The van der Waals surface area contributed by atoms with E-state index in [1.165, 1.54) is 0 Å². The number of phenols is 2. The van der Waals surface area contributed by atoms with E-state index in [0.29, 0.717) is 4.57 Å². The van der Waals surface area contributed by atoms with Gasteiger partial charge in [-0.2, -0.15) is 13.2 Å². The average Bonchev–Trinajstić information content (AvgIpc) is 2.37. The predicted molar refractivity (Wildman–Crippen MR) is 65.6 cm³/mol. The summed E-state index contributed by atoms with van der Waals surface area (Å²) < 4.78 is 38.8. The van der Waals surface area contributed by atoms with E-state index in [1.807, 2.05) is 0 Å². The summed E-state index contributed by atoms with van der Waals surface area (Å²) in [7, 11) is 0.876. The number of nitrogens with zero attached hydrogens (tertiary/aromatic N) is 2. The zero-order chi connectivity index (χ0) is 15.9. The number of alkyl halides is 3. The summed E-state index contributed by atoms with van der Waals surface area (Å²) >= 11 is 0. The summed E-state index contributed by atoms with van der Waals surface area (Å²) in [6.07, 6.45) is -4.84. The molecule has 112 valence electrons. The number of hydrogen-bond donors (Lipinski definition) is 2. The normalized spacial score (nSPS) is 11.6. The number of aromatic nitrogens is 2. The third kappa shape index (κ3) is 2.49. The number of aromatic hydroxyl groups is 2. The van der Waals surface area contributed by atoms with E-state index < -0.39 is 34.6 Å². The van der Waals surface area contributed by atoms with Crippen molar-refractivity contribution >= 4 is 0 Å². The Morgan fingerprint density at radius 1 is 1.05 bits per heavy atom.